The van der Waals surface area contributed by atoms with E-state index in [0.29, 0.717) is 0 Å². The number of aliphatic hydroxyl groups excluding tert-OH is 2. The van der Waals surface area contributed by atoms with Crippen LogP contribution >= 0.6 is 0 Å². The van der Waals surface area contributed by atoms with Gasteiger partial charge in [0.2, 0.25) is 0 Å². The van der Waals surface area contributed by atoms with Crippen LogP contribution in [0.4, 0.5) is 17.6 Å². The summed E-state index contributed by atoms with van der Waals surface area (Å²) in [5, 5.41) is 16.2. The minimum Gasteiger partial charge on any atom is -0.396 e. The molecule has 0 aliphatic rings. The summed E-state index contributed by atoms with van der Waals surface area (Å²) in [7, 11) is -10.1. The normalized spacial score (nSPS) is 11.5. The fraction of sp³-hybridized carbons (Fsp3) is 1.00. The largest absolute Gasteiger partial charge is 0.396 e. The van der Waals surface area contributed by atoms with E-state index in [4.69, 9.17) is 36.2 Å². The van der Waals surface area contributed by atoms with Crippen LogP contribution in [-0.2, 0) is 20.2 Å². The minimum absolute atomic E-state index is 0.195. The topological polar surface area (TPSA) is 149 Å². The molecular weight excluding hydrogens is 340 g/mol. The molecular formula is C6H14F4O8S2. The molecule has 0 aromatic carbocycles. The Bertz CT molecular complexity index is 367. The summed E-state index contributed by atoms with van der Waals surface area (Å²) in [6.07, 6.45) is 1.44. The molecule has 0 atom stereocenters. The van der Waals surface area contributed by atoms with Crippen molar-refractivity contribution >= 4 is 20.2 Å². The van der Waals surface area contributed by atoms with Crippen molar-refractivity contribution in [1.29, 1.82) is 0 Å². The summed E-state index contributed by atoms with van der Waals surface area (Å²) >= 11 is 0. The summed E-state index contributed by atoms with van der Waals surface area (Å²) < 4.78 is 94.0. The van der Waals surface area contributed by atoms with Crippen LogP contribution in [0.25, 0.3) is 0 Å². The van der Waals surface area contributed by atoms with Gasteiger partial charge in [-0.05, 0) is 12.8 Å². The number of hydrogen-bond acceptors (Lipinski definition) is 6. The van der Waals surface area contributed by atoms with Gasteiger partial charge in [0.05, 0.1) is 0 Å². The van der Waals surface area contributed by atoms with Crippen LogP contribution in [0.5, 0.6) is 0 Å². The van der Waals surface area contributed by atoms with Crippen LogP contribution in [0, 0.1) is 0 Å². The molecule has 0 aromatic heterocycles. The monoisotopic (exact) mass is 354 g/mol. The molecule has 0 heterocycles. The van der Waals surface area contributed by atoms with Crippen LogP contribution in [0.3, 0.4) is 0 Å². The van der Waals surface area contributed by atoms with Crippen molar-refractivity contribution in [3.63, 3.8) is 0 Å². The lowest BCUT2D eigenvalue weighted by molar-refractivity contribution is 0.217. The van der Waals surface area contributed by atoms with Crippen molar-refractivity contribution in [2.24, 2.45) is 0 Å². The molecule has 0 radical (unpaired) electrons. The van der Waals surface area contributed by atoms with Crippen molar-refractivity contribution < 1.29 is 53.7 Å². The number of hydrogen-bond donors (Lipinski definition) is 4. The zero-order valence-electron chi connectivity index (χ0n) is 9.73. The van der Waals surface area contributed by atoms with Crippen molar-refractivity contribution in [1.82, 2.24) is 0 Å². The maximum atomic E-state index is 10.7. The zero-order valence-corrected chi connectivity index (χ0v) is 11.4. The Kier molecular flexibility index (Phi) is 15.0. The predicted octanol–water partition coefficient (Wildman–Crippen LogP) is -0.0552. The van der Waals surface area contributed by atoms with Crippen LogP contribution in [0.1, 0.15) is 12.8 Å². The molecule has 20 heavy (non-hydrogen) atoms. The molecule has 0 spiro atoms. The summed E-state index contributed by atoms with van der Waals surface area (Å²) in [6.45, 7) is 0.390. The molecule has 8 nitrogen and oxygen atoms in total. The zero-order chi connectivity index (χ0) is 17.0. The lowest BCUT2D eigenvalue weighted by Crippen LogP contribution is -2.07. The van der Waals surface area contributed by atoms with Gasteiger partial charge in [-0.1, -0.05) is 0 Å². The van der Waals surface area contributed by atoms with Gasteiger partial charge in [0.15, 0.2) is 0 Å². The molecule has 0 aliphatic heterocycles. The second-order valence-electron chi connectivity index (χ2n) is 2.71. The van der Waals surface area contributed by atoms with Gasteiger partial charge >= 0.3 is 31.8 Å². The fourth-order valence-electron chi connectivity index (χ4n) is 0.224. The van der Waals surface area contributed by atoms with E-state index in [-0.39, 0.29) is 13.2 Å². The third-order valence-corrected chi connectivity index (χ3v) is 1.92. The van der Waals surface area contributed by atoms with Gasteiger partial charge in [-0.15, -0.1) is 0 Å². The SMILES string of the molecule is O=S(=O)(O)C(F)F.O=S(=O)(O)C(F)F.OCCCCO. The Morgan fingerprint density at radius 2 is 0.850 bits per heavy atom. The second kappa shape index (κ2) is 12.2. The van der Waals surface area contributed by atoms with E-state index in [1.165, 1.54) is 0 Å². The molecule has 14 heteroatoms. The molecule has 0 fully saturated rings. The van der Waals surface area contributed by atoms with Crippen molar-refractivity contribution in [2.75, 3.05) is 13.2 Å². The highest BCUT2D eigenvalue weighted by Gasteiger charge is 2.19. The quantitative estimate of drug-likeness (QED) is 0.305. The lowest BCUT2D eigenvalue weighted by Gasteiger charge is -1.87. The number of rotatable bonds is 5. The van der Waals surface area contributed by atoms with E-state index in [1.807, 2.05) is 0 Å². The van der Waals surface area contributed by atoms with Gasteiger partial charge in [0.25, 0.3) is 0 Å². The number of unbranched alkanes of at least 4 members (excludes halogenated alkanes) is 1. The fourth-order valence-corrected chi connectivity index (χ4v) is 0.224. The van der Waals surface area contributed by atoms with Crippen LogP contribution < -0.4 is 0 Å². The molecule has 0 saturated carbocycles. The molecule has 0 rings (SSSR count). The Hall–Kier alpha value is -0.540. The van der Waals surface area contributed by atoms with Crippen molar-refractivity contribution in [2.45, 2.75) is 24.4 Å². The Labute approximate surface area is 112 Å². The molecule has 0 bridgehead atoms. The first-order chi connectivity index (χ1) is 8.80. The van der Waals surface area contributed by atoms with E-state index >= 15 is 0 Å². The molecule has 0 aliphatic carbocycles. The van der Waals surface area contributed by atoms with E-state index in [9.17, 15) is 17.6 Å². The molecule has 126 valence electrons. The van der Waals surface area contributed by atoms with E-state index in [0.717, 1.165) is 12.8 Å². The predicted molar refractivity (Wildman–Crippen MR) is 58.5 cm³/mol. The van der Waals surface area contributed by atoms with Crippen molar-refractivity contribution in [3.05, 3.63) is 0 Å². The maximum absolute atomic E-state index is 10.7. The third kappa shape index (κ3) is 22.6. The van der Waals surface area contributed by atoms with Gasteiger partial charge < -0.3 is 10.2 Å². The van der Waals surface area contributed by atoms with Gasteiger partial charge in [0, 0.05) is 13.2 Å². The average molecular weight is 354 g/mol. The van der Waals surface area contributed by atoms with Gasteiger partial charge in [-0.25, -0.2) is 0 Å². The van der Waals surface area contributed by atoms with E-state index in [1.54, 1.807) is 0 Å². The minimum atomic E-state index is -5.07. The van der Waals surface area contributed by atoms with Gasteiger partial charge in [0.1, 0.15) is 0 Å². The van der Waals surface area contributed by atoms with E-state index < -0.39 is 31.8 Å². The Balaban J connectivity index is -0.000000218. The van der Waals surface area contributed by atoms with Gasteiger partial charge in [-0.3, -0.25) is 9.11 Å². The Morgan fingerprint density at radius 3 is 0.900 bits per heavy atom. The van der Waals surface area contributed by atoms with Crippen LogP contribution in [-0.4, -0.2) is 60.9 Å². The molecule has 0 saturated heterocycles. The molecule has 4 N–H and O–H groups in total. The standard InChI is InChI=1S/C4H10O2.2CH2F2O3S/c5-3-1-2-4-6;2*2-1(3)7(4,5)6/h5-6H,1-4H2;2*1H,(H,4,5,6). The maximum Gasteiger partial charge on any atom is 0.361 e. The summed E-state index contributed by atoms with van der Waals surface area (Å²) in [5.74, 6) is -7.35. The number of alkyl halides is 4. The highest BCUT2D eigenvalue weighted by atomic mass is 32.2. The van der Waals surface area contributed by atoms with Gasteiger partial charge in [-0.2, -0.15) is 34.4 Å². The second-order valence-corrected chi connectivity index (χ2v) is 5.48. The summed E-state index contributed by atoms with van der Waals surface area (Å²) in [5.41, 5.74) is 0. The highest BCUT2D eigenvalue weighted by molar-refractivity contribution is 7.86. The van der Waals surface area contributed by atoms with Crippen LogP contribution in [0.15, 0.2) is 0 Å². The first-order valence-corrected chi connectivity index (χ1v) is 7.51. The molecule has 0 amide bonds. The first kappa shape index (κ1) is 24.5. The van der Waals surface area contributed by atoms with Crippen LogP contribution in [0.2, 0.25) is 0 Å². The number of halogens is 4. The summed E-state index contributed by atoms with van der Waals surface area (Å²) in [6, 6.07) is 0. The smallest absolute Gasteiger partial charge is 0.361 e. The Morgan fingerprint density at radius 1 is 0.700 bits per heavy atom. The van der Waals surface area contributed by atoms with Crippen molar-refractivity contribution in [3.8, 4) is 0 Å². The third-order valence-electron chi connectivity index (χ3n) is 1.02. The summed E-state index contributed by atoms with van der Waals surface area (Å²) in [4.78, 5) is 0. The highest BCUT2D eigenvalue weighted by Crippen LogP contribution is 1.99. The average Bonchev–Trinajstić information content (AvgIpc) is 2.25. The lowest BCUT2D eigenvalue weighted by atomic mass is 10.3. The molecule has 0 unspecified atom stereocenters. The number of aliphatic hydroxyl groups is 2. The molecule has 0 aromatic rings. The van der Waals surface area contributed by atoms with E-state index in [2.05, 4.69) is 0 Å². The first-order valence-electron chi connectivity index (χ1n) is 4.51.